The Balaban J connectivity index is 3.42. The van der Waals surface area contributed by atoms with E-state index in [-0.39, 0.29) is 6.07 Å². The summed E-state index contributed by atoms with van der Waals surface area (Å²) in [7, 11) is 0. The predicted octanol–water partition coefficient (Wildman–Crippen LogP) is 4.24. The van der Waals surface area contributed by atoms with E-state index in [9.17, 15) is 31.5 Å². The molecule has 1 aromatic rings. The summed E-state index contributed by atoms with van der Waals surface area (Å²) in [6, 6.07) is 2.80. The molecule has 1 atom stereocenters. The molecule has 0 spiro atoms. The van der Waals surface area contributed by atoms with Gasteiger partial charge in [0.25, 0.3) is 0 Å². The van der Waals surface area contributed by atoms with Gasteiger partial charge in [-0.3, -0.25) is 9.59 Å². The van der Waals surface area contributed by atoms with Gasteiger partial charge in [-0.25, -0.2) is 0 Å². The molecule has 0 saturated heterocycles. The van der Waals surface area contributed by atoms with Crippen LogP contribution in [0, 0.1) is 22.7 Å². The van der Waals surface area contributed by atoms with Gasteiger partial charge in [-0.2, -0.15) is 27.2 Å². The van der Waals surface area contributed by atoms with Crippen molar-refractivity contribution in [1.29, 1.82) is 5.26 Å². The minimum absolute atomic E-state index is 0.232. The Morgan fingerprint density at radius 2 is 1.72 bits per heavy atom. The first-order chi connectivity index (χ1) is 11.3. The lowest BCUT2D eigenvalue weighted by molar-refractivity contribution is -0.138. The maximum Gasteiger partial charge on any atom is 0.416 e. The fraction of sp³-hybridized carbons (Fsp3) is 0.438. The first-order valence-corrected chi connectivity index (χ1v) is 6.93. The van der Waals surface area contributed by atoms with Gasteiger partial charge in [0.05, 0.1) is 17.2 Å². The molecule has 0 aliphatic heterocycles. The zero-order valence-corrected chi connectivity index (χ0v) is 13.4. The molecule has 0 fully saturated rings. The fourth-order valence-electron chi connectivity index (χ4n) is 1.92. The largest absolute Gasteiger partial charge is 0.434 e. The summed E-state index contributed by atoms with van der Waals surface area (Å²) in [4.78, 5) is 24.5. The fourth-order valence-corrected chi connectivity index (χ4v) is 1.92. The summed E-state index contributed by atoms with van der Waals surface area (Å²) in [5.41, 5.74) is -3.10. The molecule has 25 heavy (non-hydrogen) atoms. The Labute approximate surface area is 140 Å². The van der Waals surface area contributed by atoms with Crippen LogP contribution in [-0.4, -0.2) is 18.2 Å². The van der Waals surface area contributed by atoms with Crippen LogP contribution in [0.5, 0.6) is 5.75 Å². The number of hydrogen-bond acceptors (Lipinski definition) is 4. The topological polar surface area (TPSA) is 67.2 Å². The van der Waals surface area contributed by atoms with E-state index in [4.69, 9.17) is 5.26 Å². The summed E-state index contributed by atoms with van der Waals surface area (Å²) in [5, 5.41) is 9.09. The summed E-state index contributed by atoms with van der Waals surface area (Å²) in [6.45, 7) is 0.830. The standard InChI is InChI=1S/C16H14F5NO3/c1-15(2,3)13(24)10(7-22)12(23)9-5-4-8(16(19,20)21)6-11(9)25-14(17)18/h4-6,10,14H,1-3H3. The van der Waals surface area contributed by atoms with Crippen molar-refractivity contribution in [3.63, 3.8) is 0 Å². The van der Waals surface area contributed by atoms with Gasteiger partial charge in [0.15, 0.2) is 17.5 Å². The number of alkyl halides is 5. The molecular weight excluding hydrogens is 349 g/mol. The van der Waals surface area contributed by atoms with Crippen molar-refractivity contribution >= 4 is 11.6 Å². The van der Waals surface area contributed by atoms with E-state index in [0.29, 0.717) is 12.1 Å². The first-order valence-electron chi connectivity index (χ1n) is 6.93. The lowest BCUT2D eigenvalue weighted by Gasteiger charge is -2.20. The minimum atomic E-state index is -4.85. The second kappa shape index (κ2) is 7.17. The highest BCUT2D eigenvalue weighted by Crippen LogP contribution is 2.35. The van der Waals surface area contributed by atoms with Crippen LogP contribution in [0.15, 0.2) is 18.2 Å². The highest BCUT2D eigenvalue weighted by atomic mass is 19.4. The number of halogens is 5. The van der Waals surface area contributed by atoms with Crippen LogP contribution in [0.2, 0.25) is 0 Å². The lowest BCUT2D eigenvalue weighted by Crippen LogP contribution is -2.33. The molecular formula is C16H14F5NO3. The molecule has 9 heteroatoms. The van der Waals surface area contributed by atoms with Crippen molar-refractivity contribution in [2.45, 2.75) is 33.6 Å². The number of benzene rings is 1. The lowest BCUT2D eigenvalue weighted by atomic mass is 9.80. The summed E-state index contributed by atoms with van der Waals surface area (Å²) in [6.07, 6.45) is -4.85. The Morgan fingerprint density at radius 3 is 2.12 bits per heavy atom. The van der Waals surface area contributed by atoms with Crippen LogP contribution in [0.1, 0.15) is 36.7 Å². The third kappa shape index (κ3) is 4.98. The highest BCUT2D eigenvalue weighted by Gasteiger charge is 2.38. The van der Waals surface area contributed by atoms with Gasteiger partial charge in [0.2, 0.25) is 0 Å². The van der Waals surface area contributed by atoms with Crippen molar-refractivity contribution < 1.29 is 36.3 Å². The van der Waals surface area contributed by atoms with E-state index in [1.807, 2.05) is 0 Å². The Morgan fingerprint density at radius 1 is 1.16 bits per heavy atom. The molecule has 1 rings (SSSR count). The molecule has 136 valence electrons. The molecule has 0 aliphatic rings. The average molecular weight is 363 g/mol. The van der Waals surface area contributed by atoms with Crippen molar-refractivity contribution in [3.8, 4) is 11.8 Å². The number of Topliss-reactive ketones (excluding diaryl/α,β-unsaturated/α-hetero) is 2. The van der Waals surface area contributed by atoms with Gasteiger partial charge < -0.3 is 4.74 Å². The number of carbonyl (C=O) groups is 2. The molecule has 1 unspecified atom stereocenters. The minimum Gasteiger partial charge on any atom is -0.434 e. The molecule has 0 heterocycles. The number of rotatable bonds is 5. The van der Waals surface area contributed by atoms with Gasteiger partial charge in [-0.1, -0.05) is 20.8 Å². The van der Waals surface area contributed by atoms with Crippen LogP contribution in [0.3, 0.4) is 0 Å². The third-order valence-electron chi connectivity index (χ3n) is 3.18. The van der Waals surface area contributed by atoms with Crippen molar-refractivity contribution in [1.82, 2.24) is 0 Å². The van der Waals surface area contributed by atoms with Gasteiger partial charge in [0.1, 0.15) is 5.75 Å². The van der Waals surface area contributed by atoms with Gasteiger partial charge >= 0.3 is 12.8 Å². The maximum atomic E-state index is 12.7. The molecule has 0 radical (unpaired) electrons. The Bertz CT molecular complexity index is 714. The first kappa shape index (κ1) is 20.5. The number of nitrogens with zero attached hydrogens (tertiary/aromatic N) is 1. The number of carbonyl (C=O) groups excluding carboxylic acids is 2. The monoisotopic (exact) mass is 363 g/mol. The van der Waals surface area contributed by atoms with Crippen LogP contribution < -0.4 is 4.74 Å². The Kier molecular flexibility index (Phi) is 5.89. The van der Waals surface area contributed by atoms with E-state index in [2.05, 4.69) is 4.74 Å². The van der Waals surface area contributed by atoms with Crippen LogP contribution >= 0.6 is 0 Å². The molecule has 0 aromatic heterocycles. The summed E-state index contributed by atoms with van der Waals surface area (Å²) in [5.74, 6) is -4.89. The molecule has 1 aromatic carbocycles. The summed E-state index contributed by atoms with van der Waals surface area (Å²) < 4.78 is 67.1. The molecule has 0 saturated carbocycles. The number of ketones is 2. The molecule has 0 aliphatic carbocycles. The van der Waals surface area contributed by atoms with E-state index in [0.717, 1.165) is 0 Å². The van der Waals surface area contributed by atoms with E-state index in [1.165, 1.54) is 26.8 Å². The van der Waals surface area contributed by atoms with E-state index >= 15 is 0 Å². The second-order valence-electron chi connectivity index (χ2n) is 6.13. The third-order valence-corrected chi connectivity index (χ3v) is 3.18. The number of hydrogen-bond donors (Lipinski definition) is 0. The average Bonchev–Trinajstić information content (AvgIpc) is 2.45. The van der Waals surface area contributed by atoms with Crippen LogP contribution in [-0.2, 0) is 11.0 Å². The van der Waals surface area contributed by atoms with Crippen molar-refractivity contribution in [2.24, 2.45) is 11.3 Å². The molecule has 0 N–H and O–H groups in total. The maximum absolute atomic E-state index is 12.7. The molecule has 0 bridgehead atoms. The summed E-state index contributed by atoms with van der Waals surface area (Å²) >= 11 is 0. The van der Waals surface area contributed by atoms with Gasteiger partial charge in [0, 0.05) is 5.41 Å². The van der Waals surface area contributed by atoms with E-state index in [1.54, 1.807) is 0 Å². The number of nitriles is 1. The quantitative estimate of drug-likeness (QED) is 0.446. The Hall–Kier alpha value is -2.50. The van der Waals surface area contributed by atoms with Gasteiger partial charge in [-0.15, -0.1) is 0 Å². The molecule has 0 amide bonds. The predicted molar refractivity (Wildman–Crippen MR) is 76.0 cm³/mol. The smallest absolute Gasteiger partial charge is 0.416 e. The van der Waals surface area contributed by atoms with Crippen molar-refractivity contribution in [3.05, 3.63) is 29.3 Å². The second-order valence-corrected chi connectivity index (χ2v) is 6.13. The zero-order chi connectivity index (χ0) is 19.6. The van der Waals surface area contributed by atoms with Crippen LogP contribution in [0.25, 0.3) is 0 Å². The van der Waals surface area contributed by atoms with Gasteiger partial charge in [-0.05, 0) is 18.2 Å². The highest BCUT2D eigenvalue weighted by molar-refractivity contribution is 6.15. The number of ether oxygens (including phenoxy) is 1. The van der Waals surface area contributed by atoms with Crippen LogP contribution in [0.4, 0.5) is 22.0 Å². The normalized spacial score (nSPS) is 13.3. The zero-order valence-electron chi connectivity index (χ0n) is 13.4. The van der Waals surface area contributed by atoms with E-state index < -0.39 is 52.6 Å². The van der Waals surface area contributed by atoms with Crippen molar-refractivity contribution in [2.75, 3.05) is 0 Å². The SMILES string of the molecule is CC(C)(C)C(=O)C(C#N)C(=O)c1ccc(C(F)(F)F)cc1OC(F)F. The molecule has 4 nitrogen and oxygen atoms in total.